The summed E-state index contributed by atoms with van der Waals surface area (Å²) in [6.45, 7) is 11.1. The molecule has 0 aliphatic carbocycles. The van der Waals surface area contributed by atoms with E-state index in [-0.39, 0.29) is 13.2 Å². The molecular weight excluding hydrogens is 821 g/mol. The lowest BCUT2D eigenvalue weighted by Gasteiger charge is -2.32. The molecule has 1 aliphatic heterocycles. The quantitative estimate of drug-likeness (QED) is 0.0704. The molecule has 1 saturated heterocycles. The molecule has 13 heteroatoms. The van der Waals surface area contributed by atoms with Gasteiger partial charge in [-0.3, -0.25) is 9.59 Å². The Kier molecular flexibility index (Phi) is 14.4. The van der Waals surface area contributed by atoms with E-state index in [1.54, 1.807) is 12.1 Å². The molecule has 13 nitrogen and oxygen atoms in total. The molecule has 2 aromatic heterocycles. The number of pyridine rings is 2. The van der Waals surface area contributed by atoms with Gasteiger partial charge in [0.2, 0.25) is 11.8 Å². The minimum atomic E-state index is -0.981. The highest BCUT2D eigenvalue weighted by atomic mass is 16.6. The van der Waals surface area contributed by atoms with Crippen molar-refractivity contribution in [3.05, 3.63) is 156 Å². The van der Waals surface area contributed by atoms with Gasteiger partial charge < -0.3 is 35.5 Å². The fraction of sp³-hybridized carbons (Fsp3) is 0.346. The van der Waals surface area contributed by atoms with Crippen LogP contribution in [0.3, 0.4) is 0 Å². The van der Waals surface area contributed by atoms with Crippen LogP contribution in [0.1, 0.15) is 64.1 Å². The van der Waals surface area contributed by atoms with Crippen molar-refractivity contribution in [2.45, 2.75) is 104 Å². The predicted octanol–water partition coefficient (Wildman–Crippen LogP) is 7.99. The number of nitrogens with zero attached hydrogens (tertiary/aromatic N) is 2. The van der Waals surface area contributed by atoms with Crippen molar-refractivity contribution in [1.82, 2.24) is 31.2 Å². The van der Waals surface area contributed by atoms with Crippen LogP contribution in [0, 0.1) is 10.8 Å². The lowest BCUT2D eigenvalue weighted by Crippen LogP contribution is -2.58. The smallest absolute Gasteiger partial charge is 0.408 e. The van der Waals surface area contributed by atoms with Crippen LogP contribution in [0.5, 0.6) is 0 Å². The van der Waals surface area contributed by atoms with E-state index < -0.39 is 71.2 Å². The van der Waals surface area contributed by atoms with E-state index in [1.165, 1.54) is 0 Å². The predicted molar refractivity (Wildman–Crippen MR) is 249 cm³/mol. The van der Waals surface area contributed by atoms with Gasteiger partial charge in [0.1, 0.15) is 37.5 Å². The number of hydrogen-bond acceptors (Lipinski definition) is 9. The Morgan fingerprint density at radius 2 is 0.877 bits per heavy atom. The number of nitrogens with one attached hydrogen (secondary N) is 4. The van der Waals surface area contributed by atoms with Crippen molar-refractivity contribution >= 4 is 45.8 Å². The second-order valence-electron chi connectivity index (χ2n) is 18.7. The molecule has 0 radical (unpaired) electrons. The average molecular weight is 879 g/mol. The summed E-state index contributed by atoms with van der Waals surface area (Å²) < 4.78 is 17.6. The highest BCUT2D eigenvalue weighted by Gasteiger charge is 2.51. The maximum absolute atomic E-state index is 14.4. The Labute approximate surface area is 380 Å². The zero-order valence-corrected chi connectivity index (χ0v) is 37.7. The summed E-state index contributed by atoms with van der Waals surface area (Å²) in [5.74, 6) is -0.821. The first-order valence-electron chi connectivity index (χ1n) is 22.0. The summed E-state index contributed by atoms with van der Waals surface area (Å²) >= 11 is 0. The molecule has 7 rings (SSSR count). The molecule has 6 aromatic rings. The molecule has 1 aliphatic rings. The van der Waals surface area contributed by atoms with Crippen LogP contribution in [0.25, 0.3) is 21.8 Å². The molecular formula is C52H58N6O7. The zero-order chi connectivity index (χ0) is 46.1. The van der Waals surface area contributed by atoms with Gasteiger partial charge in [-0.1, -0.05) is 151 Å². The number of hydrogen-bond donors (Lipinski definition) is 4. The molecule has 0 spiro atoms. The van der Waals surface area contributed by atoms with Crippen molar-refractivity contribution in [2.24, 2.45) is 10.8 Å². The number of benzene rings is 4. The number of epoxide rings is 1. The Morgan fingerprint density at radius 1 is 0.508 bits per heavy atom. The number of aromatic nitrogens is 2. The van der Waals surface area contributed by atoms with Crippen LogP contribution in [-0.2, 0) is 49.9 Å². The van der Waals surface area contributed by atoms with E-state index >= 15 is 0 Å². The number of carbonyl (C=O) groups excluding carboxylic acids is 4. The molecule has 6 atom stereocenters. The van der Waals surface area contributed by atoms with Gasteiger partial charge in [-0.2, -0.15) is 0 Å². The molecule has 0 unspecified atom stereocenters. The van der Waals surface area contributed by atoms with Crippen LogP contribution in [-0.4, -0.2) is 70.3 Å². The molecule has 4 N–H and O–H groups in total. The third-order valence-electron chi connectivity index (χ3n) is 11.4. The summed E-state index contributed by atoms with van der Waals surface area (Å²) in [5.41, 5.74) is 3.23. The fourth-order valence-corrected chi connectivity index (χ4v) is 7.88. The normalized spacial score (nSPS) is 16.6. The van der Waals surface area contributed by atoms with Crippen molar-refractivity contribution in [1.29, 1.82) is 0 Å². The number of ether oxygens (including phenoxy) is 3. The van der Waals surface area contributed by atoms with Gasteiger partial charge in [-0.25, -0.2) is 19.6 Å². The topological polar surface area (TPSA) is 173 Å². The van der Waals surface area contributed by atoms with Crippen LogP contribution in [0.2, 0.25) is 0 Å². The van der Waals surface area contributed by atoms with Crippen LogP contribution in [0.4, 0.5) is 9.59 Å². The molecule has 3 heterocycles. The molecule has 0 saturated carbocycles. The number of para-hydroxylation sites is 2. The maximum Gasteiger partial charge on any atom is 0.408 e. The summed E-state index contributed by atoms with van der Waals surface area (Å²) in [4.78, 5) is 64.4. The van der Waals surface area contributed by atoms with Gasteiger partial charge in [-0.05, 0) is 59.1 Å². The van der Waals surface area contributed by atoms with E-state index in [0.29, 0.717) is 24.2 Å². The molecule has 4 amide bonds. The standard InChI is InChI=1S/C52H58N6O7/c1-51(2,3)45(57-49(61)63-31-37-27-25-35-21-13-15-23-39(35)53-37)47(59)55-41(29-33-17-9-7-10-18-33)43-44(65-43)42(30-34-19-11-8-12-20-34)56-48(60)46(52(4,5)6)58-50(62)64-32-38-28-26-36-22-14-16-24-40(36)54-38/h7-28,41-46H,29-32H2,1-6H3,(H,55,59)(H,56,60)(H,57,61)(H,58,62)/t41-,42-,43-,44+,45+,46+/m0/s1. The molecule has 0 bridgehead atoms. The van der Waals surface area contributed by atoms with Crippen LogP contribution >= 0.6 is 0 Å². The van der Waals surface area contributed by atoms with Gasteiger partial charge in [0.25, 0.3) is 0 Å². The number of rotatable bonds is 16. The first-order chi connectivity index (χ1) is 31.1. The minimum Gasteiger partial charge on any atom is -0.443 e. The Balaban J connectivity index is 1.05. The number of carbonyl (C=O) groups is 4. The Hall–Kier alpha value is -6.86. The highest BCUT2D eigenvalue weighted by Crippen LogP contribution is 2.33. The molecule has 1 fully saturated rings. The van der Waals surface area contributed by atoms with E-state index in [0.717, 1.165) is 32.9 Å². The first-order valence-corrected chi connectivity index (χ1v) is 22.0. The highest BCUT2D eigenvalue weighted by molar-refractivity contribution is 5.88. The van der Waals surface area contributed by atoms with Crippen molar-refractivity contribution in [2.75, 3.05) is 0 Å². The summed E-state index contributed by atoms with van der Waals surface area (Å²) in [7, 11) is 0. The van der Waals surface area contributed by atoms with Crippen molar-refractivity contribution < 1.29 is 33.4 Å². The lowest BCUT2D eigenvalue weighted by atomic mass is 9.85. The van der Waals surface area contributed by atoms with Crippen molar-refractivity contribution in [3.8, 4) is 0 Å². The Morgan fingerprint density at radius 3 is 1.26 bits per heavy atom. The van der Waals surface area contributed by atoms with Gasteiger partial charge in [0.15, 0.2) is 0 Å². The summed E-state index contributed by atoms with van der Waals surface area (Å²) in [6, 6.07) is 39.2. The van der Waals surface area contributed by atoms with Gasteiger partial charge in [-0.15, -0.1) is 0 Å². The maximum atomic E-state index is 14.4. The largest absolute Gasteiger partial charge is 0.443 e. The summed E-state index contributed by atoms with van der Waals surface area (Å²) in [6.07, 6.45) is -1.70. The van der Waals surface area contributed by atoms with E-state index in [4.69, 9.17) is 14.2 Å². The molecule has 338 valence electrons. The minimum absolute atomic E-state index is 0.0759. The zero-order valence-electron chi connectivity index (χ0n) is 37.7. The number of amides is 4. The monoisotopic (exact) mass is 878 g/mol. The van der Waals surface area contributed by atoms with Gasteiger partial charge in [0.05, 0.1) is 34.5 Å². The average Bonchev–Trinajstić information content (AvgIpc) is 4.09. The van der Waals surface area contributed by atoms with E-state index in [9.17, 15) is 19.2 Å². The lowest BCUT2D eigenvalue weighted by molar-refractivity contribution is -0.127. The third kappa shape index (κ3) is 12.7. The fourth-order valence-electron chi connectivity index (χ4n) is 7.88. The van der Waals surface area contributed by atoms with E-state index in [1.807, 2.05) is 163 Å². The van der Waals surface area contributed by atoms with E-state index in [2.05, 4.69) is 31.2 Å². The van der Waals surface area contributed by atoms with Crippen molar-refractivity contribution in [3.63, 3.8) is 0 Å². The second-order valence-corrected chi connectivity index (χ2v) is 18.7. The van der Waals surface area contributed by atoms with Crippen LogP contribution < -0.4 is 21.3 Å². The molecule has 65 heavy (non-hydrogen) atoms. The van der Waals surface area contributed by atoms with Gasteiger partial charge in [0, 0.05) is 10.8 Å². The number of alkyl carbamates (subject to hydrolysis) is 2. The SMILES string of the molecule is CC(C)(C)[C@H](NC(=O)OCc1ccc2ccccc2n1)C(=O)N[C@@H](Cc1ccccc1)[C@@H]1O[C@@H]1[C@H](Cc1ccccc1)NC(=O)[C@@H](NC(=O)OCc1ccc2ccccc2n1)C(C)(C)C. The Bertz CT molecular complexity index is 2420. The van der Waals surface area contributed by atoms with Crippen LogP contribution in [0.15, 0.2) is 133 Å². The first kappa shape index (κ1) is 46.1. The molecule has 4 aromatic carbocycles. The third-order valence-corrected chi connectivity index (χ3v) is 11.4. The van der Waals surface area contributed by atoms with Gasteiger partial charge >= 0.3 is 12.2 Å². The number of fused-ring (bicyclic) bond motifs is 2. The second kappa shape index (κ2) is 20.3. The summed E-state index contributed by atoms with van der Waals surface area (Å²) in [5, 5.41) is 14.0.